The van der Waals surface area contributed by atoms with Crippen LogP contribution in [-0.4, -0.2) is 34.5 Å². The summed E-state index contributed by atoms with van der Waals surface area (Å²) in [4.78, 5) is 25.6. The zero-order valence-electron chi connectivity index (χ0n) is 12.9. The quantitative estimate of drug-likeness (QED) is 0.902. The second-order valence-electron chi connectivity index (χ2n) is 5.86. The van der Waals surface area contributed by atoms with E-state index in [1.807, 2.05) is 0 Å². The number of β-amino-alcohol motifs (C(OH)–C–C–N with tert-alkyl or cyclic N) is 1. The van der Waals surface area contributed by atoms with Crippen molar-refractivity contribution < 1.29 is 19.1 Å². The summed E-state index contributed by atoms with van der Waals surface area (Å²) in [6.45, 7) is 0.182. The molecule has 3 N–H and O–H groups in total. The number of aliphatic hydroxyl groups excluding tert-OH is 1. The average Bonchev–Trinajstić information content (AvgIpc) is 2.96. The largest absolute Gasteiger partial charge is 0.391 e. The molecule has 0 saturated carbocycles. The van der Waals surface area contributed by atoms with Gasteiger partial charge in [0.2, 0.25) is 5.91 Å². The number of carbonyl (C=O) groups is 2. The van der Waals surface area contributed by atoms with Crippen molar-refractivity contribution in [3.05, 3.63) is 71.0 Å². The van der Waals surface area contributed by atoms with E-state index in [1.54, 1.807) is 24.3 Å². The highest BCUT2D eigenvalue weighted by atomic mass is 19.1. The average molecular weight is 328 g/mol. The van der Waals surface area contributed by atoms with Crippen LogP contribution in [0.25, 0.3) is 0 Å². The van der Waals surface area contributed by atoms with Crippen LogP contribution < -0.4 is 5.73 Å². The van der Waals surface area contributed by atoms with Gasteiger partial charge in [0, 0.05) is 17.7 Å². The van der Waals surface area contributed by atoms with Gasteiger partial charge < -0.3 is 15.7 Å². The molecule has 3 rings (SSSR count). The highest BCUT2D eigenvalue weighted by molar-refractivity contribution is 5.99. The van der Waals surface area contributed by atoms with Gasteiger partial charge in [-0.05, 0) is 42.3 Å². The van der Waals surface area contributed by atoms with Gasteiger partial charge in [0.1, 0.15) is 5.82 Å². The Bertz CT molecular complexity index is 776. The number of aliphatic hydroxyl groups is 1. The van der Waals surface area contributed by atoms with E-state index in [9.17, 15) is 19.1 Å². The molecule has 0 bridgehead atoms. The van der Waals surface area contributed by atoms with Gasteiger partial charge in [0.25, 0.3) is 5.91 Å². The first-order chi connectivity index (χ1) is 11.5. The number of nitrogens with zero attached hydrogens (tertiary/aromatic N) is 1. The third-order valence-corrected chi connectivity index (χ3v) is 4.19. The van der Waals surface area contributed by atoms with Crippen LogP contribution in [0.15, 0.2) is 48.5 Å². The molecule has 2 aromatic rings. The first kappa shape index (κ1) is 16.1. The molecule has 1 saturated heterocycles. The van der Waals surface area contributed by atoms with Crippen LogP contribution in [0.4, 0.5) is 4.39 Å². The van der Waals surface area contributed by atoms with Gasteiger partial charge in [0.15, 0.2) is 0 Å². The van der Waals surface area contributed by atoms with Crippen molar-refractivity contribution in [3.63, 3.8) is 0 Å². The fraction of sp³-hybridized carbons (Fsp3) is 0.222. The van der Waals surface area contributed by atoms with E-state index in [2.05, 4.69) is 0 Å². The second-order valence-corrected chi connectivity index (χ2v) is 5.86. The molecule has 1 aliphatic rings. The number of hydrogen-bond acceptors (Lipinski definition) is 3. The van der Waals surface area contributed by atoms with Crippen LogP contribution in [0, 0.1) is 5.82 Å². The number of nitrogens with two attached hydrogens (primary N) is 1. The topological polar surface area (TPSA) is 83.6 Å². The van der Waals surface area contributed by atoms with Gasteiger partial charge in [-0.25, -0.2) is 4.39 Å². The molecule has 24 heavy (non-hydrogen) atoms. The molecule has 1 aliphatic heterocycles. The Kier molecular flexibility index (Phi) is 4.31. The predicted molar refractivity (Wildman–Crippen MR) is 85.8 cm³/mol. The lowest BCUT2D eigenvalue weighted by molar-refractivity contribution is 0.0716. The normalized spacial score (nSPS) is 20.2. The van der Waals surface area contributed by atoms with Crippen LogP contribution >= 0.6 is 0 Å². The van der Waals surface area contributed by atoms with Gasteiger partial charge in [-0.3, -0.25) is 9.59 Å². The Morgan fingerprint density at radius 1 is 1.12 bits per heavy atom. The highest BCUT2D eigenvalue weighted by Crippen LogP contribution is 2.33. The molecule has 0 aliphatic carbocycles. The van der Waals surface area contributed by atoms with Crippen molar-refractivity contribution in [2.75, 3.05) is 6.54 Å². The highest BCUT2D eigenvalue weighted by Gasteiger charge is 2.35. The van der Waals surface area contributed by atoms with Crippen LogP contribution in [0.1, 0.15) is 38.7 Å². The van der Waals surface area contributed by atoms with Gasteiger partial charge in [-0.15, -0.1) is 0 Å². The summed E-state index contributed by atoms with van der Waals surface area (Å²) in [7, 11) is 0. The van der Waals surface area contributed by atoms with Crippen molar-refractivity contribution >= 4 is 11.8 Å². The molecule has 0 spiro atoms. The molecule has 2 amide bonds. The van der Waals surface area contributed by atoms with Crippen molar-refractivity contribution in [3.8, 4) is 0 Å². The third-order valence-electron chi connectivity index (χ3n) is 4.19. The summed E-state index contributed by atoms with van der Waals surface area (Å²) < 4.78 is 13.1. The maximum Gasteiger partial charge on any atom is 0.254 e. The van der Waals surface area contributed by atoms with Gasteiger partial charge >= 0.3 is 0 Å². The summed E-state index contributed by atoms with van der Waals surface area (Å²) >= 11 is 0. The lowest BCUT2D eigenvalue weighted by Crippen LogP contribution is -2.32. The molecular formula is C18H17FN2O3. The minimum Gasteiger partial charge on any atom is -0.391 e. The standard InChI is InChI=1S/C18H17FN2O3/c19-14-6-4-11(5-7-14)16-9-15(22)10-21(16)18(24)13-3-1-2-12(8-13)17(20)23/h1-8,15-16,22H,9-10H2,(H2,20,23)/t15-,16-/m1/s1. The van der Waals surface area contributed by atoms with Crippen molar-refractivity contribution in [2.45, 2.75) is 18.6 Å². The molecule has 2 aromatic carbocycles. The Morgan fingerprint density at radius 2 is 1.79 bits per heavy atom. The summed E-state index contributed by atoms with van der Waals surface area (Å²) in [6, 6.07) is 11.7. The minimum atomic E-state index is -0.650. The zero-order valence-corrected chi connectivity index (χ0v) is 12.9. The maximum atomic E-state index is 13.1. The van der Waals surface area contributed by atoms with Gasteiger partial charge in [-0.1, -0.05) is 18.2 Å². The number of amides is 2. The first-order valence-corrected chi connectivity index (χ1v) is 7.60. The number of likely N-dealkylation sites (tertiary alicyclic amines) is 1. The molecule has 1 heterocycles. The van der Waals surface area contributed by atoms with E-state index >= 15 is 0 Å². The Morgan fingerprint density at radius 3 is 2.46 bits per heavy atom. The zero-order chi connectivity index (χ0) is 17.3. The number of benzene rings is 2. The lowest BCUT2D eigenvalue weighted by Gasteiger charge is -2.25. The number of carbonyl (C=O) groups excluding carboxylic acids is 2. The molecule has 6 heteroatoms. The molecule has 0 aromatic heterocycles. The van der Waals surface area contributed by atoms with E-state index in [1.165, 1.54) is 29.2 Å². The third kappa shape index (κ3) is 3.14. The smallest absolute Gasteiger partial charge is 0.254 e. The van der Waals surface area contributed by atoms with Crippen LogP contribution in [0.3, 0.4) is 0 Å². The summed E-state index contributed by atoms with van der Waals surface area (Å²) in [6.07, 6.45) is -0.268. The van der Waals surface area contributed by atoms with Gasteiger partial charge in [0.05, 0.1) is 12.1 Å². The van der Waals surface area contributed by atoms with Crippen molar-refractivity contribution in [1.29, 1.82) is 0 Å². The van der Waals surface area contributed by atoms with E-state index < -0.39 is 12.0 Å². The van der Waals surface area contributed by atoms with E-state index in [-0.39, 0.29) is 29.9 Å². The summed E-state index contributed by atoms with van der Waals surface area (Å²) in [5.41, 5.74) is 6.58. The Hall–Kier alpha value is -2.73. The minimum absolute atomic E-state index is 0.182. The summed E-state index contributed by atoms with van der Waals surface area (Å²) in [5, 5.41) is 9.98. The number of hydrogen-bond donors (Lipinski definition) is 2. The molecule has 0 unspecified atom stereocenters. The summed E-state index contributed by atoms with van der Waals surface area (Å²) in [5.74, 6) is -1.27. The molecule has 5 nitrogen and oxygen atoms in total. The molecule has 124 valence electrons. The number of primary amides is 1. The van der Waals surface area contributed by atoms with Crippen molar-refractivity contribution in [1.82, 2.24) is 4.90 Å². The Balaban J connectivity index is 1.91. The molecule has 0 radical (unpaired) electrons. The Labute approximate surface area is 138 Å². The molecule has 1 fully saturated rings. The van der Waals surface area contributed by atoms with E-state index in [4.69, 9.17) is 5.73 Å². The fourth-order valence-electron chi connectivity index (χ4n) is 3.01. The van der Waals surface area contributed by atoms with Crippen molar-refractivity contribution in [2.24, 2.45) is 5.73 Å². The number of rotatable bonds is 3. The maximum absolute atomic E-state index is 13.1. The second kappa shape index (κ2) is 6.41. The van der Waals surface area contributed by atoms with Gasteiger partial charge in [-0.2, -0.15) is 0 Å². The van der Waals surface area contributed by atoms with E-state index in [0.717, 1.165) is 5.56 Å². The first-order valence-electron chi connectivity index (χ1n) is 7.60. The number of halogens is 1. The molecule has 2 atom stereocenters. The molecular weight excluding hydrogens is 311 g/mol. The SMILES string of the molecule is NC(=O)c1cccc(C(=O)N2C[C@H](O)C[C@@H]2c2ccc(F)cc2)c1. The fourth-order valence-corrected chi connectivity index (χ4v) is 3.01. The predicted octanol–water partition coefficient (Wildman–Crippen LogP) is 1.87. The van der Waals surface area contributed by atoms with Crippen LogP contribution in [-0.2, 0) is 0 Å². The van der Waals surface area contributed by atoms with E-state index in [0.29, 0.717) is 12.0 Å². The lowest BCUT2D eigenvalue weighted by atomic mass is 10.0. The van der Waals surface area contributed by atoms with Crippen LogP contribution in [0.2, 0.25) is 0 Å². The monoisotopic (exact) mass is 328 g/mol. The van der Waals surface area contributed by atoms with Crippen LogP contribution in [0.5, 0.6) is 0 Å².